The standard InChI is InChI=1S/C16H32N2O/c1-13(2)9-17-16-8-15(4-3-7-19)11-18(12-16)10-14-5-6-14/h13-17,19H,3-12H2,1-2H3. The van der Waals surface area contributed by atoms with Gasteiger partial charge in [-0.15, -0.1) is 0 Å². The van der Waals surface area contributed by atoms with Gasteiger partial charge in [-0.25, -0.2) is 0 Å². The van der Waals surface area contributed by atoms with E-state index in [-0.39, 0.29) is 0 Å². The molecule has 3 heteroatoms. The number of hydrogen-bond donors (Lipinski definition) is 2. The van der Waals surface area contributed by atoms with Crippen molar-refractivity contribution in [3.63, 3.8) is 0 Å². The van der Waals surface area contributed by atoms with Crippen molar-refractivity contribution in [3.05, 3.63) is 0 Å². The monoisotopic (exact) mass is 268 g/mol. The van der Waals surface area contributed by atoms with Gasteiger partial charge in [0.05, 0.1) is 0 Å². The van der Waals surface area contributed by atoms with Gasteiger partial charge >= 0.3 is 0 Å². The normalized spacial score (nSPS) is 29.1. The number of aliphatic hydroxyl groups excluding tert-OH is 1. The van der Waals surface area contributed by atoms with Gasteiger partial charge < -0.3 is 15.3 Å². The van der Waals surface area contributed by atoms with Gasteiger partial charge in [0.1, 0.15) is 0 Å². The highest BCUT2D eigenvalue weighted by atomic mass is 16.2. The van der Waals surface area contributed by atoms with Crippen LogP contribution in [0.5, 0.6) is 0 Å². The van der Waals surface area contributed by atoms with Gasteiger partial charge in [-0.2, -0.15) is 0 Å². The quantitative estimate of drug-likeness (QED) is 0.708. The molecule has 2 atom stereocenters. The van der Waals surface area contributed by atoms with Gasteiger partial charge in [0.25, 0.3) is 0 Å². The van der Waals surface area contributed by atoms with Crippen LogP contribution in [0.2, 0.25) is 0 Å². The van der Waals surface area contributed by atoms with E-state index in [0.717, 1.165) is 30.7 Å². The molecule has 2 N–H and O–H groups in total. The minimum atomic E-state index is 0.350. The van der Waals surface area contributed by atoms with Gasteiger partial charge in [-0.05, 0) is 56.4 Å². The maximum atomic E-state index is 9.03. The van der Waals surface area contributed by atoms with E-state index in [1.54, 1.807) is 0 Å². The van der Waals surface area contributed by atoms with Crippen molar-refractivity contribution in [1.82, 2.24) is 10.2 Å². The van der Waals surface area contributed by atoms with Crippen LogP contribution >= 0.6 is 0 Å². The van der Waals surface area contributed by atoms with Crippen molar-refractivity contribution in [2.45, 2.75) is 52.0 Å². The van der Waals surface area contributed by atoms with Gasteiger partial charge in [0, 0.05) is 32.3 Å². The highest BCUT2D eigenvalue weighted by molar-refractivity contribution is 4.87. The van der Waals surface area contributed by atoms with Crippen molar-refractivity contribution in [2.75, 3.05) is 32.8 Å². The average molecular weight is 268 g/mol. The third-order valence-corrected chi connectivity index (χ3v) is 4.41. The fourth-order valence-corrected chi connectivity index (χ4v) is 3.26. The highest BCUT2D eigenvalue weighted by Gasteiger charge is 2.31. The Morgan fingerprint density at radius 2 is 2.00 bits per heavy atom. The summed E-state index contributed by atoms with van der Waals surface area (Å²) >= 11 is 0. The molecule has 0 amide bonds. The van der Waals surface area contributed by atoms with Crippen LogP contribution in [0, 0.1) is 17.8 Å². The van der Waals surface area contributed by atoms with Crippen molar-refractivity contribution < 1.29 is 5.11 Å². The largest absolute Gasteiger partial charge is 0.396 e. The molecule has 2 aliphatic rings. The smallest absolute Gasteiger partial charge is 0.0431 e. The lowest BCUT2D eigenvalue weighted by Crippen LogP contribution is -2.50. The summed E-state index contributed by atoms with van der Waals surface area (Å²) in [5.74, 6) is 2.50. The van der Waals surface area contributed by atoms with Crippen LogP contribution in [0.4, 0.5) is 0 Å². The molecule has 0 aromatic heterocycles. The number of piperidine rings is 1. The number of aliphatic hydroxyl groups is 1. The summed E-state index contributed by atoms with van der Waals surface area (Å²) in [6, 6.07) is 0.665. The fourth-order valence-electron chi connectivity index (χ4n) is 3.26. The summed E-state index contributed by atoms with van der Waals surface area (Å²) in [5, 5.41) is 12.8. The van der Waals surface area contributed by atoms with E-state index in [9.17, 15) is 0 Å². The molecule has 1 heterocycles. The maximum Gasteiger partial charge on any atom is 0.0431 e. The molecule has 112 valence electrons. The van der Waals surface area contributed by atoms with E-state index in [1.807, 2.05) is 0 Å². The molecule has 1 aliphatic carbocycles. The van der Waals surface area contributed by atoms with Gasteiger partial charge in [0.2, 0.25) is 0 Å². The van der Waals surface area contributed by atoms with Gasteiger partial charge in [-0.1, -0.05) is 13.8 Å². The molecule has 0 aromatic rings. The van der Waals surface area contributed by atoms with E-state index in [4.69, 9.17) is 5.11 Å². The second-order valence-corrected chi connectivity index (χ2v) is 7.13. The zero-order chi connectivity index (χ0) is 13.7. The number of rotatable bonds is 8. The van der Waals surface area contributed by atoms with Crippen LogP contribution in [-0.2, 0) is 0 Å². The maximum absolute atomic E-state index is 9.03. The van der Waals surface area contributed by atoms with Crippen LogP contribution in [-0.4, -0.2) is 48.8 Å². The molecule has 1 saturated heterocycles. The van der Waals surface area contributed by atoms with Crippen LogP contribution < -0.4 is 5.32 Å². The van der Waals surface area contributed by atoms with E-state index >= 15 is 0 Å². The zero-order valence-corrected chi connectivity index (χ0v) is 12.8. The van der Waals surface area contributed by atoms with Crippen molar-refractivity contribution in [1.29, 1.82) is 0 Å². The predicted octanol–water partition coefficient (Wildman–Crippen LogP) is 2.10. The molecule has 2 fully saturated rings. The summed E-state index contributed by atoms with van der Waals surface area (Å²) in [6.07, 6.45) is 6.36. The first-order valence-corrected chi connectivity index (χ1v) is 8.24. The minimum Gasteiger partial charge on any atom is -0.396 e. The predicted molar refractivity (Wildman–Crippen MR) is 80.2 cm³/mol. The molecule has 0 bridgehead atoms. The number of nitrogens with one attached hydrogen (secondary N) is 1. The Kier molecular flexibility index (Phi) is 6.11. The summed E-state index contributed by atoms with van der Waals surface area (Å²) in [6.45, 7) is 9.85. The van der Waals surface area contributed by atoms with Crippen LogP contribution in [0.25, 0.3) is 0 Å². The lowest BCUT2D eigenvalue weighted by Gasteiger charge is -2.38. The van der Waals surface area contributed by atoms with Crippen molar-refractivity contribution in [2.24, 2.45) is 17.8 Å². The molecule has 1 aliphatic heterocycles. The molecule has 0 spiro atoms. The van der Waals surface area contributed by atoms with Crippen LogP contribution in [0.15, 0.2) is 0 Å². The highest BCUT2D eigenvalue weighted by Crippen LogP contribution is 2.31. The summed E-state index contributed by atoms with van der Waals surface area (Å²) in [4.78, 5) is 2.68. The Morgan fingerprint density at radius 3 is 2.63 bits per heavy atom. The Hall–Kier alpha value is -0.120. The van der Waals surface area contributed by atoms with Gasteiger partial charge in [-0.3, -0.25) is 0 Å². The first kappa shape index (κ1) is 15.3. The second-order valence-electron chi connectivity index (χ2n) is 7.13. The topological polar surface area (TPSA) is 35.5 Å². The molecule has 2 rings (SSSR count). The molecular weight excluding hydrogens is 236 g/mol. The Bertz CT molecular complexity index is 253. The second kappa shape index (κ2) is 7.61. The lowest BCUT2D eigenvalue weighted by molar-refractivity contribution is 0.124. The average Bonchev–Trinajstić information content (AvgIpc) is 3.17. The fraction of sp³-hybridized carbons (Fsp3) is 1.00. The molecule has 19 heavy (non-hydrogen) atoms. The third kappa shape index (κ3) is 5.80. The number of likely N-dealkylation sites (tertiary alicyclic amines) is 1. The molecule has 2 unspecified atom stereocenters. The third-order valence-electron chi connectivity index (χ3n) is 4.41. The van der Waals surface area contributed by atoms with Crippen LogP contribution in [0.1, 0.15) is 46.0 Å². The Labute approximate surface area is 118 Å². The summed E-state index contributed by atoms with van der Waals surface area (Å²) in [7, 11) is 0. The first-order valence-electron chi connectivity index (χ1n) is 8.24. The first-order chi connectivity index (χ1) is 9.17. The van der Waals surface area contributed by atoms with Crippen molar-refractivity contribution >= 4 is 0 Å². The molecule has 0 radical (unpaired) electrons. The SMILES string of the molecule is CC(C)CNC1CC(CCCO)CN(CC2CC2)C1. The van der Waals surface area contributed by atoms with E-state index in [2.05, 4.69) is 24.1 Å². The van der Waals surface area contributed by atoms with E-state index in [1.165, 1.54) is 45.3 Å². The number of hydrogen-bond acceptors (Lipinski definition) is 3. The van der Waals surface area contributed by atoms with Gasteiger partial charge in [0.15, 0.2) is 0 Å². The lowest BCUT2D eigenvalue weighted by atomic mass is 9.90. The molecule has 1 saturated carbocycles. The van der Waals surface area contributed by atoms with Crippen molar-refractivity contribution in [3.8, 4) is 0 Å². The molecule has 0 aromatic carbocycles. The summed E-state index contributed by atoms with van der Waals surface area (Å²) in [5.41, 5.74) is 0. The van der Waals surface area contributed by atoms with Crippen LogP contribution in [0.3, 0.4) is 0 Å². The minimum absolute atomic E-state index is 0.350. The molecular formula is C16H32N2O. The Balaban J connectivity index is 1.79. The van der Waals surface area contributed by atoms with E-state index in [0.29, 0.717) is 12.6 Å². The Morgan fingerprint density at radius 1 is 1.21 bits per heavy atom. The zero-order valence-electron chi connectivity index (χ0n) is 12.8. The van der Waals surface area contributed by atoms with E-state index < -0.39 is 0 Å². The summed E-state index contributed by atoms with van der Waals surface area (Å²) < 4.78 is 0. The number of nitrogens with zero attached hydrogens (tertiary/aromatic N) is 1. The molecule has 3 nitrogen and oxygen atoms in total.